The molecule has 1 saturated heterocycles. The summed E-state index contributed by atoms with van der Waals surface area (Å²) in [5.41, 5.74) is 0.541. The van der Waals surface area contributed by atoms with Gasteiger partial charge < -0.3 is 9.64 Å². The molecule has 7 nitrogen and oxygen atoms in total. The molecule has 1 aliphatic heterocycles. The molecule has 2 unspecified atom stereocenters. The van der Waals surface area contributed by atoms with Gasteiger partial charge in [0.25, 0.3) is 5.56 Å². The molecular formula is C15H20N4O3. The maximum Gasteiger partial charge on any atom is 0.332 e. The van der Waals surface area contributed by atoms with Crippen molar-refractivity contribution in [2.45, 2.75) is 26.1 Å². The normalized spacial score (nSPS) is 22.3. The van der Waals surface area contributed by atoms with E-state index in [4.69, 9.17) is 4.74 Å². The Morgan fingerprint density at radius 1 is 1.14 bits per heavy atom. The van der Waals surface area contributed by atoms with Crippen molar-refractivity contribution in [1.29, 1.82) is 0 Å². The smallest absolute Gasteiger partial charge is 0.332 e. The van der Waals surface area contributed by atoms with E-state index in [0.29, 0.717) is 24.1 Å². The molecule has 2 atom stereocenters. The highest BCUT2D eigenvalue weighted by Gasteiger charge is 2.25. The third-order valence-corrected chi connectivity index (χ3v) is 4.08. The van der Waals surface area contributed by atoms with E-state index in [1.807, 2.05) is 19.9 Å². The zero-order chi connectivity index (χ0) is 16.0. The molecule has 2 aromatic rings. The lowest BCUT2D eigenvalue weighted by Gasteiger charge is -2.37. The summed E-state index contributed by atoms with van der Waals surface area (Å²) in [5, 5.41) is 0.480. The molecule has 0 aromatic carbocycles. The second-order valence-electron chi connectivity index (χ2n) is 5.90. The van der Waals surface area contributed by atoms with E-state index in [0.717, 1.165) is 10.3 Å². The van der Waals surface area contributed by atoms with Crippen LogP contribution in [0.1, 0.15) is 13.8 Å². The van der Waals surface area contributed by atoms with Gasteiger partial charge in [0.1, 0.15) is 5.39 Å². The van der Waals surface area contributed by atoms with Crippen LogP contribution in [0.4, 0.5) is 5.69 Å². The standard InChI is InChI=1S/C15H20N4O3/c1-9-7-19(8-10(2)22-9)11-5-6-16-13-12(11)14(20)18(4)15(21)17(13)3/h5-6,9-10H,7-8H2,1-4H3. The zero-order valence-corrected chi connectivity index (χ0v) is 13.2. The number of hydrogen-bond donors (Lipinski definition) is 0. The molecule has 1 aliphatic rings. The van der Waals surface area contributed by atoms with Crippen molar-refractivity contribution in [3.05, 3.63) is 33.1 Å². The van der Waals surface area contributed by atoms with E-state index in [1.165, 1.54) is 11.6 Å². The van der Waals surface area contributed by atoms with Gasteiger partial charge in [-0.05, 0) is 19.9 Å². The third kappa shape index (κ3) is 2.21. The summed E-state index contributed by atoms with van der Waals surface area (Å²) in [4.78, 5) is 31.0. The first-order chi connectivity index (χ1) is 10.4. The summed E-state index contributed by atoms with van der Waals surface area (Å²) in [5.74, 6) is 0. The minimum Gasteiger partial charge on any atom is -0.372 e. The number of ether oxygens (including phenoxy) is 1. The second kappa shape index (κ2) is 5.24. The van der Waals surface area contributed by atoms with E-state index >= 15 is 0 Å². The number of anilines is 1. The van der Waals surface area contributed by atoms with Crippen molar-refractivity contribution >= 4 is 16.7 Å². The first-order valence-electron chi connectivity index (χ1n) is 7.35. The summed E-state index contributed by atoms with van der Waals surface area (Å²) in [7, 11) is 3.12. The van der Waals surface area contributed by atoms with E-state index in [-0.39, 0.29) is 23.5 Å². The van der Waals surface area contributed by atoms with Gasteiger partial charge >= 0.3 is 5.69 Å². The lowest BCUT2D eigenvalue weighted by molar-refractivity contribution is -0.00514. The van der Waals surface area contributed by atoms with Crippen LogP contribution in [-0.4, -0.2) is 39.4 Å². The van der Waals surface area contributed by atoms with Gasteiger partial charge in [-0.2, -0.15) is 0 Å². The highest BCUT2D eigenvalue weighted by molar-refractivity contribution is 5.88. The minimum atomic E-state index is -0.370. The lowest BCUT2D eigenvalue weighted by Crippen LogP contribution is -2.46. The van der Waals surface area contributed by atoms with Gasteiger partial charge in [-0.15, -0.1) is 0 Å². The average molecular weight is 304 g/mol. The van der Waals surface area contributed by atoms with Crippen LogP contribution in [0.15, 0.2) is 21.9 Å². The van der Waals surface area contributed by atoms with Crippen molar-refractivity contribution in [3.8, 4) is 0 Å². The number of morpholine rings is 1. The van der Waals surface area contributed by atoms with Gasteiger partial charge in [0, 0.05) is 33.4 Å². The largest absolute Gasteiger partial charge is 0.372 e. The van der Waals surface area contributed by atoms with Crippen LogP contribution in [0.3, 0.4) is 0 Å². The number of aromatic nitrogens is 3. The predicted octanol–water partition coefficient (Wildman–Crippen LogP) is 0.246. The number of aryl methyl sites for hydroxylation is 1. The van der Waals surface area contributed by atoms with Crippen LogP contribution >= 0.6 is 0 Å². The number of rotatable bonds is 1. The third-order valence-electron chi connectivity index (χ3n) is 4.08. The SMILES string of the molecule is CC1CN(c2ccnc3c2c(=O)n(C)c(=O)n3C)CC(C)O1. The molecule has 2 aromatic heterocycles. The van der Waals surface area contributed by atoms with Gasteiger partial charge in [0.2, 0.25) is 0 Å². The van der Waals surface area contributed by atoms with E-state index in [2.05, 4.69) is 9.88 Å². The topological polar surface area (TPSA) is 69.4 Å². The van der Waals surface area contributed by atoms with Gasteiger partial charge in [0.05, 0.1) is 17.9 Å². The quantitative estimate of drug-likeness (QED) is 0.755. The summed E-state index contributed by atoms with van der Waals surface area (Å²) in [6.07, 6.45) is 1.81. The highest BCUT2D eigenvalue weighted by Crippen LogP contribution is 2.25. The molecule has 0 amide bonds. The molecule has 0 saturated carbocycles. The van der Waals surface area contributed by atoms with Crippen molar-refractivity contribution < 1.29 is 4.74 Å². The maximum atomic E-state index is 12.6. The summed E-state index contributed by atoms with van der Waals surface area (Å²) in [6, 6.07) is 1.83. The molecule has 3 rings (SSSR count). The van der Waals surface area contributed by atoms with E-state index in [1.54, 1.807) is 13.2 Å². The van der Waals surface area contributed by atoms with Crippen LogP contribution in [0, 0.1) is 0 Å². The maximum absolute atomic E-state index is 12.6. The van der Waals surface area contributed by atoms with Gasteiger partial charge in [-0.1, -0.05) is 0 Å². The van der Waals surface area contributed by atoms with Crippen molar-refractivity contribution in [2.24, 2.45) is 14.1 Å². The zero-order valence-electron chi connectivity index (χ0n) is 13.2. The van der Waals surface area contributed by atoms with Crippen molar-refractivity contribution in [1.82, 2.24) is 14.1 Å². The van der Waals surface area contributed by atoms with Crippen LogP contribution in [0.25, 0.3) is 11.0 Å². The summed E-state index contributed by atoms with van der Waals surface area (Å²) < 4.78 is 8.29. The lowest BCUT2D eigenvalue weighted by atomic mass is 10.1. The Balaban J connectivity index is 2.27. The summed E-state index contributed by atoms with van der Waals surface area (Å²) in [6.45, 7) is 5.44. The molecule has 0 N–H and O–H groups in total. The molecule has 0 spiro atoms. The molecule has 0 bridgehead atoms. The fourth-order valence-electron chi connectivity index (χ4n) is 3.11. The highest BCUT2D eigenvalue weighted by atomic mass is 16.5. The van der Waals surface area contributed by atoms with Crippen LogP contribution in [-0.2, 0) is 18.8 Å². The van der Waals surface area contributed by atoms with E-state index in [9.17, 15) is 9.59 Å². The van der Waals surface area contributed by atoms with Crippen LogP contribution in [0.2, 0.25) is 0 Å². The number of nitrogens with zero attached hydrogens (tertiary/aromatic N) is 4. The molecule has 0 radical (unpaired) electrons. The van der Waals surface area contributed by atoms with Crippen molar-refractivity contribution in [2.75, 3.05) is 18.0 Å². The van der Waals surface area contributed by atoms with Gasteiger partial charge in [-0.3, -0.25) is 13.9 Å². The predicted molar refractivity (Wildman–Crippen MR) is 84.4 cm³/mol. The monoisotopic (exact) mass is 304 g/mol. The summed E-state index contributed by atoms with van der Waals surface area (Å²) >= 11 is 0. The molecule has 7 heteroatoms. The van der Waals surface area contributed by atoms with Gasteiger partial charge in [-0.25, -0.2) is 9.78 Å². The van der Waals surface area contributed by atoms with Crippen LogP contribution < -0.4 is 16.1 Å². The Hall–Kier alpha value is -2.15. The average Bonchev–Trinajstić information content (AvgIpc) is 2.49. The van der Waals surface area contributed by atoms with Crippen molar-refractivity contribution in [3.63, 3.8) is 0 Å². The number of fused-ring (bicyclic) bond motifs is 1. The fourth-order valence-corrected chi connectivity index (χ4v) is 3.11. The Bertz CT molecular complexity index is 829. The molecule has 118 valence electrons. The van der Waals surface area contributed by atoms with Gasteiger partial charge in [0.15, 0.2) is 5.65 Å². The molecule has 22 heavy (non-hydrogen) atoms. The molecule has 1 fully saturated rings. The molecular weight excluding hydrogens is 284 g/mol. The minimum absolute atomic E-state index is 0.0864. The Morgan fingerprint density at radius 3 is 2.41 bits per heavy atom. The first kappa shape index (κ1) is 14.8. The Labute approximate surface area is 127 Å². The Kier molecular flexibility index (Phi) is 3.52. The van der Waals surface area contributed by atoms with E-state index < -0.39 is 0 Å². The van der Waals surface area contributed by atoms with Crippen LogP contribution in [0.5, 0.6) is 0 Å². The number of pyridine rings is 1. The molecule has 3 heterocycles. The molecule has 0 aliphatic carbocycles. The second-order valence-corrected chi connectivity index (χ2v) is 5.90. The first-order valence-corrected chi connectivity index (χ1v) is 7.35. The fraction of sp³-hybridized carbons (Fsp3) is 0.533. The number of hydrogen-bond acceptors (Lipinski definition) is 5. The Morgan fingerprint density at radius 2 is 1.77 bits per heavy atom.